The molecule has 1 unspecified atom stereocenters. The molecule has 0 aliphatic rings. The van der Waals surface area contributed by atoms with Crippen LogP contribution in [0, 0.1) is 0 Å². The van der Waals surface area contributed by atoms with Gasteiger partial charge < -0.3 is 14.2 Å². The lowest BCUT2D eigenvalue weighted by Gasteiger charge is -2.18. The second-order valence-corrected chi connectivity index (χ2v) is 23.8. The summed E-state index contributed by atoms with van der Waals surface area (Å²) in [4.78, 5) is 38.5. The molecule has 0 saturated heterocycles. The highest BCUT2D eigenvalue weighted by Crippen LogP contribution is 2.18. The summed E-state index contributed by atoms with van der Waals surface area (Å²) in [7, 11) is 0. The van der Waals surface area contributed by atoms with Crippen LogP contribution in [0.3, 0.4) is 0 Å². The Kier molecular flexibility index (Phi) is 66.6. The Morgan fingerprint density at radius 3 is 0.765 bits per heavy atom. The maximum absolute atomic E-state index is 13.0. The van der Waals surface area contributed by atoms with Gasteiger partial charge >= 0.3 is 17.9 Å². The fraction of sp³-hybridized carbons (Fsp3) is 0.800. The molecule has 6 nitrogen and oxygen atoms in total. The zero-order valence-electron chi connectivity index (χ0n) is 54.1. The van der Waals surface area contributed by atoms with Crippen LogP contribution in [0.5, 0.6) is 0 Å². The Morgan fingerprint density at radius 1 is 0.259 bits per heavy atom. The van der Waals surface area contributed by atoms with E-state index >= 15 is 0 Å². The second-order valence-electron chi connectivity index (χ2n) is 23.8. The molecule has 0 bridgehead atoms. The fourth-order valence-electron chi connectivity index (χ4n) is 10.4. The van der Waals surface area contributed by atoms with E-state index in [4.69, 9.17) is 14.2 Å². The SMILES string of the molecule is CC/C=C\C/C=C\C/C=C\C/C=C\C/C=C\CCCCCCCCCCCC(=O)OCC(COC(=O)CCCCCCCCCCCCCCCCCCC)OC(=O)CCCCCCCCCCC/C=C\CCCCCCCCCC. The van der Waals surface area contributed by atoms with Gasteiger partial charge in [0.2, 0.25) is 0 Å². The molecule has 0 saturated carbocycles. The van der Waals surface area contributed by atoms with Gasteiger partial charge in [-0.25, -0.2) is 0 Å². The molecule has 0 fully saturated rings. The molecule has 0 spiro atoms. The molecule has 0 radical (unpaired) electrons. The van der Waals surface area contributed by atoms with Crippen LogP contribution in [0.2, 0.25) is 0 Å². The fourth-order valence-corrected chi connectivity index (χ4v) is 10.4. The number of esters is 3. The molecule has 0 rings (SSSR count). The van der Waals surface area contributed by atoms with Crippen molar-refractivity contribution in [2.45, 2.75) is 374 Å². The van der Waals surface area contributed by atoms with Crippen LogP contribution in [0.15, 0.2) is 72.9 Å². The molecular weight excluding hydrogens is 997 g/mol. The number of unbranched alkanes of at least 4 members (excludes halogenated alkanes) is 42. The minimum Gasteiger partial charge on any atom is -0.462 e. The van der Waals surface area contributed by atoms with Gasteiger partial charge in [-0.15, -0.1) is 0 Å². The average molecular weight is 1130 g/mol. The number of carbonyl (C=O) groups is 3. The van der Waals surface area contributed by atoms with Crippen LogP contribution in [-0.2, 0) is 28.6 Å². The van der Waals surface area contributed by atoms with Crippen LogP contribution in [0.25, 0.3) is 0 Å². The lowest BCUT2D eigenvalue weighted by atomic mass is 10.0. The molecule has 0 aromatic carbocycles. The maximum atomic E-state index is 13.0. The van der Waals surface area contributed by atoms with E-state index in [0.717, 1.165) is 96.3 Å². The summed E-state index contributed by atoms with van der Waals surface area (Å²) in [6.07, 6.45) is 90.6. The van der Waals surface area contributed by atoms with Gasteiger partial charge in [0.1, 0.15) is 13.2 Å². The molecule has 0 aromatic heterocycles. The van der Waals surface area contributed by atoms with Crippen molar-refractivity contribution >= 4 is 17.9 Å². The van der Waals surface area contributed by atoms with Crippen LogP contribution in [-0.4, -0.2) is 37.2 Å². The van der Waals surface area contributed by atoms with E-state index in [1.165, 1.54) is 231 Å². The molecule has 1 atom stereocenters. The predicted molar refractivity (Wildman–Crippen MR) is 353 cm³/mol. The first-order chi connectivity index (χ1) is 40.0. The third kappa shape index (κ3) is 67.5. The molecule has 81 heavy (non-hydrogen) atoms. The third-order valence-corrected chi connectivity index (χ3v) is 15.7. The Labute approximate surface area is 503 Å². The summed E-state index contributed by atoms with van der Waals surface area (Å²) in [6, 6.07) is 0. The molecule has 0 aliphatic heterocycles. The summed E-state index contributed by atoms with van der Waals surface area (Å²) in [5, 5.41) is 0. The van der Waals surface area contributed by atoms with Crippen LogP contribution in [0.1, 0.15) is 367 Å². The summed E-state index contributed by atoms with van der Waals surface area (Å²) in [6.45, 7) is 6.58. The van der Waals surface area contributed by atoms with Gasteiger partial charge in [0.05, 0.1) is 0 Å². The third-order valence-electron chi connectivity index (χ3n) is 15.7. The lowest BCUT2D eigenvalue weighted by Crippen LogP contribution is -2.30. The number of hydrogen-bond donors (Lipinski definition) is 0. The molecule has 6 heteroatoms. The minimum atomic E-state index is -0.779. The van der Waals surface area contributed by atoms with Gasteiger partial charge in [-0.05, 0) is 89.9 Å². The summed E-state index contributed by atoms with van der Waals surface area (Å²) in [5.74, 6) is -0.858. The van der Waals surface area contributed by atoms with Crippen molar-refractivity contribution in [1.29, 1.82) is 0 Å². The average Bonchev–Trinajstić information content (AvgIpc) is 3.47. The zero-order chi connectivity index (χ0) is 58.5. The van der Waals surface area contributed by atoms with Crippen molar-refractivity contribution in [2.24, 2.45) is 0 Å². The number of ether oxygens (including phenoxy) is 3. The van der Waals surface area contributed by atoms with E-state index < -0.39 is 6.10 Å². The van der Waals surface area contributed by atoms with Crippen molar-refractivity contribution in [3.05, 3.63) is 72.9 Å². The monoisotopic (exact) mass is 1130 g/mol. The molecule has 0 heterocycles. The highest BCUT2D eigenvalue weighted by molar-refractivity contribution is 5.71. The highest BCUT2D eigenvalue weighted by Gasteiger charge is 2.19. The summed E-state index contributed by atoms with van der Waals surface area (Å²) in [5.41, 5.74) is 0. The van der Waals surface area contributed by atoms with Crippen LogP contribution < -0.4 is 0 Å². The number of carbonyl (C=O) groups excluding carboxylic acids is 3. The predicted octanol–water partition coefficient (Wildman–Crippen LogP) is 24.4. The molecule has 0 aromatic rings. The normalized spacial score (nSPS) is 12.5. The zero-order valence-corrected chi connectivity index (χ0v) is 54.1. The van der Waals surface area contributed by atoms with E-state index in [1.54, 1.807) is 0 Å². The van der Waals surface area contributed by atoms with E-state index in [2.05, 4.69) is 93.7 Å². The quantitative estimate of drug-likeness (QED) is 0.0261. The molecule has 0 N–H and O–H groups in total. The number of allylic oxidation sites excluding steroid dienone is 12. The van der Waals surface area contributed by atoms with Gasteiger partial charge in [-0.2, -0.15) is 0 Å². The first-order valence-corrected chi connectivity index (χ1v) is 35.4. The topological polar surface area (TPSA) is 78.9 Å². The smallest absolute Gasteiger partial charge is 0.306 e. The number of rotatable bonds is 65. The van der Waals surface area contributed by atoms with Crippen molar-refractivity contribution in [3.63, 3.8) is 0 Å². The van der Waals surface area contributed by atoms with E-state index in [9.17, 15) is 14.4 Å². The van der Waals surface area contributed by atoms with Crippen molar-refractivity contribution in [3.8, 4) is 0 Å². The molecule has 0 aliphatic carbocycles. The van der Waals surface area contributed by atoms with E-state index in [-0.39, 0.29) is 31.1 Å². The van der Waals surface area contributed by atoms with Gasteiger partial charge in [0.15, 0.2) is 6.10 Å². The molecular formula is C75H134O6. The van der Waals surface area contributed by atoms with Crippen LogP contribution in [0.4, 0.5) is 0 Å². The van der Waals surface area contributed by atoms with Gasteiger partial charge in [0, 0.05) is 19.3 Å². The first kappa shape index (κ1) is 77.9. The summed E-state index contributed by atoms with van der Waals surface area (Å²) >= 11 is 0. The van der Waals surface area contributed by atoms with Crippen LogP contribution >= 0.6 is 0 Å². The molecule has 470 valence electrons. The van der Waals surface area contributed by atoms with Crippen molar-refractivity contribution in [2.75, 3.05) is 13.2 Å². The van der Waals surface area contributed by atoms with E-state index in [0.29, 0.717) is 19.3 Å². The van der Waals surface area contributed by atoms with Gasteiger partial charge in [-0.3, -0.25) is 14.4 Å². The van der Waals surface area contributed by atoms with Gasteiger partial charge in [-0.1, -0.05) is 331 Å². The maximum Gasteiger partial charge on any atom is 0.306 e. The van der Waals surface area contributed by atoms with Crippen molar-refractivity contribution in [1.82, 2.24) is 0 Å². The Morgan fingerprint density at radius 2 is 0.481 bits per heavy atom. The summed E-state index contributed by atoms with van der Waals surface area (Å²) < 4.78 is 17.0. The minimum absolute atomic E-state index is 0.0736. The number of hydrogen-bond acceptors (Lipinski definition) is 6. The second kappa shape index (κ2) is 69.3. The standard InChI is InChI=1S/C75H134O6/c1-4-7-10-13-16-19-22-25-28-31-33-35-36-37-38-40-41-44-47-50-53-56-59-62-65-68-74(77)80-71-72(70-79-73(76)67-64-61-58-55-52-49-46-43-30-27-24-21-18-15-12-9-6-3)81-75(78)69-66-63-60-57-54-51-48-45-42-39-34-32-29-26-23-20-17-14-11-8-5-2/h7,10,16,19,25,28,32-35,37-38,72H,4-6,8-9,11-15,17-18,20-24,26-27,29-31,36,39-71H2,1-3H3/b10-7-,19-16-,28-25-,34-32-,35-33-,38-37-. The first-order valence-electron chi connectivity index (χ1n) is 35.4. The van der Waals surface area contributed by atoms with E-state index in [1.807, 2.05) is 0 Å². The largest absolute Gasteiger partial charge is 0.462 e. The van der Waals surface area contributed by atoms with Gasteiger partial charge in [0.25, 0.3) is 0 Å². The highest BCUT2D eigenvalue weighted by atomic mass is 16.6. The molecule has 0 amide bonds. The van der Waals surface area contributed by atoms with Crippen molar-refractivity contribution < 1.29 is 28.6 Å². The Balaban J connectivity index is 4.34. The Hall–Kier alpha value is -3.15. The Bertz CT molecular complexity index is 1490. The lowest BCUT2D eigenvalue weighted by molar-refractivity contribution is -0.167.